The molecule has 3 aromatic carbocycles. The topological polar surface area (TPSA) is 144 Å². The van der Waals surface area contributed by atoms with E-state index >= 15 is 0 Å². The number of carbonyl (C=O) groups excluding carboxylic acids is 5. The van der Waals surface area contributed by atoms with E-state index in [2.05, 4.69) is 0 Å². The van der Waals surface area contributed by atoms with Crippen LogP contribution in [0.4, 0.5) is 0 Å². The molecule has 0 N–H and O–H groups in total. The van der Waals surface area contributed by atoms with Gasteiger partial charge in [-0.05, 0) is 50.2 Å². The van der Waals surface area contributed by atoms with Gasteiger partial charge in [0.15, 0.2) is 30.1 Å². The first-order valence-electron chi connectivity index (χ1n) is 15.1. The van der Waals surface area contributed by atoms with Crippen LogP contribution in [0.5, 0.6) is 0 Å². The SMILES string of the molecule is CCOC(=O)C(=CN1C[C@H]2O[C@@H]1[C@H](OC(=O)c1ccccc1)[C@@H](OC(=O)c1ccccc1)[C@@H]2OC(=O)c1ccccc1)C(=O)OCC. The molecule has 5 atom stereocenters. The number of esters is 5. The van der Waals surface area contributed by atoms with Crippen LogP contribution >= 0.6 is 0 Å². The first-order chi connectivity index (χ1) is 22.8. The molecular weight excluding hydrogens is 610 g/mol. The van der Waals surface area contributed by atoms with E-state index in [0.29, 0.717) is 0 Å². The smallest absolute Gasteiger partial charge is 0.347 e. The summed E-state index contributed by atoms with van der Waals surface area (Å²) in [5.74, 6) is -4.16. The first-order valence-corrected chi connectivity index (χ1v) is 15.1. The van der Waals surface area contributed by atoms with Gasteiger partial charge in [-0.2, -0.15) is 0 Å². The molecule has 0 radical (unpaired) electrons. The molecule has 2 saturated heterocycles. The average Bonchev–Trinajstić information content (AvgIpc) is 3.47. The summed E-state index contributed by atoms with van der Waals surface area (Å²) < 4.78 is 34.3. The molecule has 2 aliphatic rings. The Morgan fingerprint density at radius 2 is 1.04 bits per heavy atom. The van der Waals surface area contributed by atoms with E-state index in [0.717, 1.165) is 0 Å². The summed E-state index contributed by atoms with van der Waals surface area (Å²) in [6, 6.07) is 24.4. The van der Waals surface area contributed by atoms with E-state index in [1.807, 2.05) is 0 Å². The standard InChI is InChI=1S/C35H33NO11/c1-3-42-34(40)25(35(41)43-4-2)20-36-21-26-27(45-31(37)22-14-8-5-9-15-22)28(46-32(38)23-16-10-6-11-17-23)29(30(36)44-26)47-33(39)24-18-12-7-13-19-24/h5-20,26-30H,3-4,21H2,1-2H3/t26-,27-,28+,29-,30-/m1/s1. The minimum atomic E-state index is -1.41. The molecule has 2 aliphatic heterocycles. The number of hydrogen-bond donors (Lipinski definition) is 0. The van der Waals surface area contributed by atoms with Crippen molar-refractivity contribution in [1.29, 1.82) is 0 Å². The number of benzene rings is 3. The van der Waals surface area contributed by atoms with Gasteiger partial charge in [0.25, 0.3) is 0 Å². The highest BCUT2D eigenvalue weighted by Gasteiger charge is 2.58. The zero-order valence-corrected chi connectivity index (χ0v) is 25.7. The maximum Gasteiger partial charge on any atom is 0.347 e. The second-order valence-electron chi connectivity index (χ2n) is 10.5. The van der Waals surface area contributed by atoms with Crippen molar-refractivity contribution in [2.45, 2.75) is 44.5 Å². The van der Waals surface area contributed by atoms with Gasteiger partial charge in [0.1, 0.15) is 6.10 Å². The van der Waals surface area contributed by atoms with Crippen LogP contribution in [0.2, 0.25) is 0 Å². The molecule has 2 heterocycles. The Balaban J connectivity index is 1.57. The number of fused-ring (bicyclic) bond motifs is 2. The Morgan fingerprint density at radius 1 is 0.638 bits per heavy atom. The number of carbonyl (C=O) groups is 5. The number of nitrogens with zero attached hydrogens (tertiary/aromatic N) is 1. The molecule has 47 heavy (non-hydrogen) atoms. The highest BCUT2D eigenvalue weighted by atomic mass is 16.7. The van der Waals surface area contributed by atoms with Crippen LogP contribution in [-0.4, -0.2) is 85.1 Å². The van der Waals surface area contributed by atoms with Crippen LogP contribution in [0, 0.1) is 0 Å². The second kappa shape index (κ2) is 15.2. The van der Waals surface area contributed by atoms with Crippen LogP contribution < -0.4 is 0 Å². The summed E-state index contributed by atoms with van der Waals surface area (Å²) in [7, 11) is 0. The summed E-state index contributed by atoms with van der Waals surface area (Å²) in [6.45, 7) is 3.10. The molecule has 0 aliphatic carbocycles. The van der Waals surface area contributed by atoms with Crippen molar-refractivity contribution in [3.05, 3.63) is 119 Å². The Kier molecular flexibility index (Phi) is 10.6. The quantitative estimate of drug-likeness (QED) is 0.0988. The van der Waals surface area contributed by atoms with Crippen molar-refractivity contribution in [2.75, 3.05) is 19.8 Å². The van der Waals surface area contributed by atoms with Crippen molar-refractivity contribution >= 4 is 29.8 Å². The Morgan fingerprint density at radius 3 is 1.47 bits per heavy atom. The third-order valence-electron chi connectivity index (χ3n) is 7.37. The van der Waals surface area contributed by atoms with Crippen LogP contribution in [-0.2, 0) is 38.0 Å². The molecule has 5 rings (SSSR count). The molecule has 12 nitrogen and oxygen atoms in total. The van der Waals surface area contributed by atoms with E-state index in [-0.39, 0.29) is 36.4 Å². The summed E-state index contributed by atoms with van der Waals surface area (Å²) in [5, 5.41) is 0. The van der Waals surface area contributed by atoms with Gasteiger partial charge in [0.2, 0.25) is 0 Å². The van der Waals surface area contributed by atoms with Gasteiger partial charge in [0.05, 0.1) is 36.4 Å². The predicted molar refractivity (Wildman–Crippen MR) is 164 cm³/mol. The lowest BCUT2D eigenvalue weighted by Crippen LogP contribution is -2.59. The Bertz CT molecular complexity index is 1590. The van der Waals surface area contributed by atoms with Gasteiger partial charge in [-0.15, -0.1) is 0 Å². The van der Waals surface area contributed by atoms with Crippen molar-refractivity contribution in [3.8, 4) is 0 Å². The predicted octanol–water partition coefficient (Wildman–Crippen LogP) is 3.71. The number of hydrogen-bond acceptors (Lipinski definition) is 12. The average molecular weight is 644 g/mol. The van der Waals surface area contributed by atoms with Crippen molar-refractivity contribution in [1.82, 2.24) is 4.90 Å². The number of likely N-dealkylation sites (tertiary alicyclic amines) is 1. The summed E-state index contributed by atoms with van der Waals surface area (Å²) in [5.41, 5.74) is 0.187. The summed E-state index contributed by atoms with van der Waals surface area (Å²) >= 11 is 0. The maximum absolute atomic E-state index is 13.4. The highest BCUT2D eigenvalue weighted by Crippen LogP contribution is 2.37. The van der Waals surface area contributed by atoms with Crippen molar-refractivity contribution in [2.24, 2.45) is 0 Å². The molecule has 2 bridgehead atoms. The molecule has 0 saturated carbocycles. The van der Waals surface area contributed by atoms with E-state index in [1.54, 1.807) is 105 Å². The lowest BCUT2D eigenvalue weighted by molar-refractivity contribution is -0.207. The Hall–Kier alpha value is -5.49. The van der Waals surface area contributed by atoms with Gasteiger partial charge in [-0.25, -0.2) is 24.0 Å². The molecule has 244 valence electrons. The van der Waals surface area contributed by atoms with Crippen molar-refractivity contribution < 1.29 is 52.4 Å². The Labute approximate surface area is 270 Å². The monoisotopic (exact) mass is 643 g/mol. The summed E-state index contributed by atoms with van der Waals surface area (Å²) in [6.07, 6.45) is -5.02. The molecule has 0 unspecified atom stereocenters. The minimum absolute atomic E-state index is 0.00946. The normalized spacial score (nSPS) is 21.1. The molecule has 0 spiro atoms. The molecule has 2 fully saturated rings. The third-order valence-corrected chi connectivity index (χ3v) is 7.37. The van der Waals surface area contributed by atoms with Gasteiger partial charge < -0.3 is 33.3 Å². The zero-order chi connectivity index (χ0) is 33.3. The van der Waals surface area contributed by atoms with E-state index in [1.165, 1.54) is 11.1 Å². The fraction of sp³-hybridized carbons (Fsp3) is 0.286. The molecule has 3 aromatic rings. The van der Waals surface area contributed by atoms with Gasteiger partial charge in [-0.1, -0.05) is 54.6 Å². The largest absolute Gasteiger partial charge is 0.462 e. The first kappa shape index (κ1) is 32.9. The van der Waals surface area contributed by atoms with E-state index < -0.39 is 66.1 Å². The van der Waals surface area contributed by atoms with E-state index in [4.69, 9.17) is 28.4 Å². The van der Waals surface area contributed by atoms with Crippen LogP contribution in [0.3, 0.4) is 0 Å². The van der Waals surface area contributed by atoms with Crippen LogP contribution in [0.1, 0.15) is 44.9 Å². The van der Waals surface area contributed by atoms with Crippen LogP contribution in [0.25, 0.3) is 0 Å². The lowest BCUT2D eigenvalue weighted by Gasteiger charge is -2.40. The zero-order valence-electron chi connectivity index (χ0n) is 25.7. The second-order valence-corrected chi connectivity index (χ2v) is 10.5. The van der Waals surface area contributed by atoms with Crippen LogP contribution in [0.15, 0.2) is 103 Å². The van der Waals surface area contributed by atoms with Gasteiger partial charge >= 0.3 is 29.8 Å². The molecular formula is C35H33NO11. The number of rotatable bonds is 11. The molecule has 12 heteroatoms. The van der Waals surface area contributed by atoms with E-state index in [9.17, 15) is 24.0 Å². The highest BCUT2D eigenvalue weighted by molar-refractivity contribution is 6.14. The number of ether oxygens (including phenoxy) is 6. The molecule has 0 aromatic heterocycles. The summed E-state index contributed by atoms with van der Waals surface area (Å²) in [4.78, 5) is 67.3. The molecule has 0 amide bonds. The third kappa shape index (κ3) is 7.67. The lowest BCUT2D eigenvalue weighted by atomic mass is 9.99. The fourth-order valence-electron chi connectivity index (χ4n) is 5.22. The fourth-order valence-corrected chi connectivity index (χ4v) is 5.22. The maximum atomic E-state index is 13.4. The van der Waals surface area contributed by atoms with Gasteiger partial charge in [0, 0.05) is 6.20 Å². The van der Waals surface area contributed by atoms with Gasteiger partial charge in [-0.3, -0.25) is 0 Å². The minimum Gasteiger partial charge on any atom is -0.462 e. The van der Waals surface area contributed by atoms with Crippen molar-refractivity contribution in [3.63, 3.8) is 0 Å².